The molecule has 7 heteroatoms. The highest BCUT2D eigenvalue weighted by Gasteiger charge is 2.36. The van der Waals surface area contributed by atoms with Crippen molar-refractivity contribution >= 4 is 5.91 Å². The van der Waals surface area contributed by atoms with E-state index < -0.39 is 35.1 Å². The number of amides is 1. The van der Waals surface area contributed by atoms with E-state index in [2.05, 4.69) is 5.32 Å². The lowest BCUT2D eigenvalue weighted by Gasteiger charge is -2.18. The van der Waals surface area contributed by atoms with Gasteiger partial charge in [0.2, 0.25) is 5.91 Å². The minimum atomic E-state index is -4.75. The number of likely N-dealkylation sites (N-methyl/N-ethyl adjacent to an activating group) is 1. The number of benzene rings is 1. The monoisotopic (exact) mass is 250 g/mol. The highest BCUT2D eigenvalue weighted by molar-refractivity contribution is 5.81. The summed E-state index contributed by atoms with van der Waals surface area (Å²) in [5.41, 5.74) is 3.36. The van der Waals surface area contributed by atoms with Crippen molar-refractivity contribution in [2.24, 2.45) is 5.73 Å². The summed E-state index contributed by atoms with van der Waals surface area (Å²) in [6, 6.07) is 0.761. The molecule has 94 valence electrons. The van der Waals surface area contributed by atoms with Gasteiger partial charge in [0, 0.05) is 0 Å². The molecule has 0 spiro atoms. The highest BCUT2D eigenvalue weighted by atomic mass is 19.4. The second kappa shape index (κ2) is 4.70. The number of carbonyl (C=O) groups is 1. The molecule has 0 aromatic heterocycles. The van der Waals surface area contributed by atoms with Gasteiger partial charge in [0.05, 0.1) is 5.56 Å². The zero-order valence-corrected chi connectivity index (χ0v) is 8.81. The van der Waals surface area contributed by atoms with Gasteiger partial charge in [0.15, 0.2) is 0 Å². The summed E-state index contributed by atoms with van der Waals surface area (Å²) in [6.45, 7) is 0. The average molecular weight is 250 g/mol. The van der Waals surface area contributed by atoms with E-state index in [1.165, 1.54) is 7.05 Å². The van der Waals surface area contributed by atoms with E-state index in [0.717, 1.165) is 12.1 Å². The van der Waals surface area contributed by atoms with Crippen molar-refractivity contribution in [3.63, 3.8) is 0 Å². The first kappa shape index (κ1) is 13.4. The molecule has 0 aliphatic heterocycles. The van der Waals surface area contributed by atoms with Crippen molar-refractivity contribution in [3.05, 3.63) is 35.1 Å². The van der Waals surface area contributed by atoms with E-state index in [4.69, 9.17) is 5.73 Å². The summed E-state index contributed by atoms with van der Waals surface area (Å²) in [4.78, 5) is 11.0. The van der Waals surface area contributed by atoms with Crippen LogP contribution in [-0.2, 0) is 11.0 Å². The predicted octanol–water partition coefficient (Wildman–Crippen LogP) is 1.59. The SMILES string of the molecule is CNC(C(N)=O)c1ccc(F)cc1C(F)(F)F. The van der Waals surface area contributed by atoms with Gasteiger partial charge in [-0.1, -0.05) is 6.07 Å². The number of carbonyl (C=O) groups excluding carboxylic acids is 1. The first-order valence-corrected chi connectivity index (χ1v) is 4.60. The molecule has 1 unspecified atom stereocenters. The van der Waals surface area contributed by atoms with Gasteiger partial charge in [0.25, 0.3) is 0 Å². The van der Waals surface area contributed by atoms with Crippen LogP contribution < -0.4 is 11.1 Å². The number of rotatable bonds is 3. The molecule has 1 rings (SSSR count). The third kappa shape index (κ3) is 2.94. The van der Waals surface area contributed by atoms with Gasteiger partial charge >= 0.3 is 6.18 Å². The van der Waals surface area contributed by atoms with E-state index in [-0.39, 0.29) is 0 Å². The molecule has 3 nitrogen and oxygen atoms in total. The lowest BCUT2D eigenvalue weighted by molar-refractivity contribution is -0.138. The van der Waals surface area contributed by atoms with E-state index in [1.807, 2.05) is 0 Å². The number of halogens is 4. The Labute approximate surface area is 94.6 Å². The van der Waals surface area contributed by atoms with Crippen LogP contribution in [0.4, 0.5) is 17.6 Å². The molecule has 0 fully saturated rings. The Morgan fingerprint density at radius 2 is 2.00 bits per heavy atom. The number of hydrogen-bond donors (Lipinski definition) is 2. The highest BCUT2D eigenvalue weighted by Crippen LogP contribution is 2.34. The molecule has 1 aromatic rings. The molecule has 0 aliphatic carbocycles. The molecule has 0 bridgehead atoms. The van der Waals surface area contributed by atoms with Crippen LogP contribution in [0.15, 0.2) is 18.2 Å². The molecule has 0 saturated heterocycles. The number of hydrogen-bond acceptors (Lipinski definition) is 2. The van der Waals surface area contributed by atoms with Crippen molar-refractivity contribution in [1.82, 2.24) is 5.32 Å². The van der Waals surface area contributed by atoms with Gasteiger partial charge in [-0.3, -0.25) is 4.79 Å². The lowest BCUT2D eigenvalue weighted by Crippen LogP contribution is -2.33. The summed E-state index contributed by atoms with van der Waals surface area (Å²) >= 11 is 0. The molecular weight excluding hydrogens is 240 g/mol. The number of alkyl halides is 3. The standard InChI is InChI=1S/C10H10F4N2O/c1-16-8(9(15)17)6-3-2-5(11)4-7(6)10(12,13)14/h2-4,8,16H,1H3,(H2,15,17). The largest absolute Gasteiger partial charge is 0.416 e. The summed E-state index contributed by atoms with van der Waals surface area (Å²) in [6.07, 6.45) is -4.75. The van der Waals surface area contributed by atoms with E-state index in [0.29, 0.717) is 6.07 Å². The second-order valence-electron chi connectivity index (χ2n) is 3.35. The topological polar surface area (TPSA) is 55.1 Å². The fourth-order valence-electron chi connectivity index (χ4n) is 1.48. The van der Waals surface area contributed by atoms with Gasteiger partial charge in [-0.05, 0) is 24.7 Å². The van der Waals surface area contributed by atoms with Gasteiger partial charge in [-0.2, -0.15) is 13.2 Å². The average Bonchev–Trinajstić information content (AvgIpc) is 2.19. The molecule has 1 atom stereocenters. The van der Waals surface area contributed by atoms with E-state index in [9.17, 15) is 22.4 Å². The minimum absolute atomic E-state index is 0.336. The van der Waals surface area contributed by atoms with Crippen LogP contribution in [0.25, 0.3) is 0 Å². The molecule has 0 saturated carbocycles. The Morgan fingerprint density at radius 3 is 2.41 bits per heavy atom. The molecule has 0 radical (unpaired) electrons. The van der Waals surface area contributed by atoms with E-state index >= 15 is 0 Å². The minimum Gasteiger partial charge on any atom is -0.368 e. The maximum Gasteiger partial charge on any atom is 0.416 e. The maximum absolute atomic E-state index is 12.8. The van der Waals surface area contributed by atoms with E-state index in [1.54, 1.807) is 0 Å². The van der Waals surface area contributed by atoms with Crippen LogP contribution >= 0.6 is 0 Å². The zero-order valence-electron chi connectivity index (χ0n) is 8.81. The number of nitrogens with one attached hydrogen (secondary N) is 1. The van der Waals surface area contributed by atoms with Crippen LogP contribution in [0, 0.1) is 5.82 Å². The van der Waals surface area contributed by atoms with Gasteiger partial charge < -0.3 is 11.1 Å². The van der Waals surface area contributed by atoms with Gasteiger partial charge in [-0.15, -0.1) is 0 Å². The molecule has 17 heavy (non-hydrogen) atoms. The Morgan fingerprint density at radius 1 is 1.41 bits per heavy atom. The Bertz CT molecular complexity index is 431. The first-order valence-electron chi connectivity index (χ1n) is 4.60. The number of nitrogens with two attached hydrogens (primary N) is 1. The summed E-state index contributed by atoms with van der Waals surface area (Å²) in [5.74, 6) is -2.00. The zero-order chi connectivity index (χ0) is 13.2. The van der Waals surface area contributed by atoms with Crippen molar-refractivity contribution in [3.8, 4) is 0 Å². The molecule has 1 aromatic carbocycles. The summed E-state index contributed by atoms with van der Waals surface area (Å²) in [7, 11) is 1.29. The molecule has 1 amide bonds. The van der Waals surface area contributed by atoms with Crippen molar-refractivity contribution < 1.29 is 22.4 Å². The molecule has 0 heterocycles. The van der Waals surface area contributed by atoms with Gasteiger partial charge in [0.1, 0.15) is 11.9 Å². The molecule has 3 N–H and O–H groups in total. The molecular formula is C10H10F4N2O. The predicted molar refractivity (Wildman–Crippen MR) is 52.4 cm³/mol. The van der Waals surface area contributed by atoms with Crippen LogP contribution in [0.2, 0.25) is 0 Å². The van der Waals surface area contributed by atoms with Gasteiger partial charge in [-0.25, -0.2) is 4.39 Å². The quantitative estimate of drug-likeness (QED) is 0.800. The summed E-state index contributed by atoms with van der Waals surface area (Å²) in [5, 5.41) is 2.35. The van der Waals surface area contributed by atoms with Crippen molar-refractivity contribution in [2.45, 2.75) is 12.2 Å². The van der Waals surface area contributed by atoms with Crippen molar-refractivity contribution in [1.29, 1.82) is 0 Å². The number of primary amides is 1. The van der Waals surface area contributed by atoms with Crippen LogP contribution in [0.1, 0.15) is 17.2 Å². The Kier molecular flexibility index (Phi) is 3.72. The summed E-state index contributed by atoms with van der Waals surface area (Å²) < 4.78 is 50.7. The maximum atomic E-state index is 12.8. The fraction of sp³-hybridized carbons (Fsp3) is 0.300. The third-order valence-corrected chi connectivity index (χ3v) is 2.20. The lowest BCUT2D eigenvalue weighted by atomic mass is 9.99. The smallest absolute Gasteiger partial charge is 0.368 e. The Balaban J connectivity index is 3.37. The third-order valence-electron chi connectivity index (χ3n) is 2.20. The van der Waals surface area contributed by atoms with Crippen LogP contribution in [0.5, 0.6) is 0 Å². The second-order valence-corrected chi connectivity index (χ2v) is 3.35. The van der Waals surface area contributed by atoms with Crippen LogP contribution in [-0.4, -0.2) is 13.0 Å². The van der Waals surface area contributed by atoms with Crippen molar-refractivity contribution in [2.75, 3.05) is 7.05 Å². The fourth-order valence-corrected chi connectivity index (χ4v) is 1.48. The molecule has 0 aliphatic rings. The van der Waals surface area contributed by atoms with Crippen LogP contribution in [0.3, 0.4) is 0 Å². The first-order chi connectivity index (χ1) is 7.77. The Hall–Kier alpha value is -1.63. The normalized spacial score (nSPS) is 13.5.